The Balaban J connectivity index is 0.00000288. The Labute approximate surface area is 161 Å². The minimum atomic E-state index is -4.38. The summed E-state index contributed by atoms with van der Waals surface area (Å²) in [5.41, 5.74) is -0.840. The van der Waals surface area contributed by atoms with Gasteiger partial charge < -0.3 is 15.5 Å². The van der Waals surface area contributed by atoms with Crippen LogP contribution in [0.2, 0.25) is 0 Å². The van der Waals surface area contributed by atoms with Crippen LogP contribution in [0.3, 0.4) is 0 Å². The number of likely N-dealkylation sites (tertiary alicyclic amines) is 1. The largest absolute Gasteiger partial charge is 0.434 e. The number of rotatable bonds is 6. The van der Waals surface area contributed by atoms with Crippen LogP contribution in [0.15, 0.2) is 10.4 Å². The zero-order chi connectivity index (χ0) is 16.7. The summed E-state index contributed by atoms with van der Waals surface area (Å²) in [6, 6.07) is 0. The summed E-state index contributed by atoms with van der Waals surface area (Å²) in [6.07, 6.45) is -0.810. The first-order valence-electron chi connectivity index (χ1n) is 7.67. The van der Waals surface area contributed by atoms with Gasteiger partial charge in [-0.1, -0.05) is 0 Å². The molecule has 0 aromatic carbocycles. The highest BCUT2D eigenvalue weighted by atomic mass is 127. The quantitative estimate of drug-likeness (QED) is 0.287. The Morgan fingerprint density at radius 3 is 2.62 bits per heavy atom. The van der Waals surface area contributed by atoms with Gasteiger partial charge in [0.05, 0.1) is 6.54 Å². The molecule has 0 amide bonds. The molecule has 0 unspecified atom stereocenters. The van der Waals surface area contributed by atoms with Crippen LogP contribution in [0.5, 0.6) is 0 Å². The Bertz CT molecular complexity index is 515. The number of halogens is 4. The van der Waals surface area contributed by atoms with Crippen LogP contribution in [-0.4, -0.2) is 49.1 Å². The molecule has 0 aliphatic carbocycles. The molecule has 1 saturated heterocycles. The third-order valence-electron chi connectivity index (χ3n) is 3.62. The van der Waals surface area contributed by atoms with Crippen molar-refractivity contribution in [3.8, 4) is 0 Å². The lowest BCUT2D eigenvalue weighted by molar-refractivity contribution is -0.140. The van der Waals surface area contributed by atoms with E-state index in [4.69, 9.17) is 0 Å². The molecular formula is C14H23F3IN5S. The summed E-state index contributed by atoms with van der Waals surface area (Å²) in [6.45, 7) is 4.43. The van der Waals surface area contributed by atoms with E-state index in [1.54, 1.807) is 7.05 Å². The van der Waals surface area contributed by atoms with E-state index in [9.17, 15) is 13.2 Å². The van der Waals surface area contributed by atoms with Crippen molar-refractivity contribution in [1.29, 1.82) is 0 Å². The van der Waals surface area contributed by atoms with Crippen LogP contribution in [0.1, 0.15) is 30.0 Å². The second kappa shape index (κ2) is 10.4. The second-order valence-electron chi connectivity index (χ2n) is 5.38. The molecule has 1 aliphatic rings. The fraction of sp³-hybridized carbons (Fsp3) is 0.714. The molecule has 0 bridgehead atoms. The number of hydrogen-bond acceptors (Lipinski definition) is 4. The number of nitrogens with one attached hydrogen (secondary N) is 2. The topological polar surface area (TPSA) is 52.6 Å². The molecule has 0 atom stereocenters. The van der Waals surface area contributed by atoms with E-state index in [-0.39, 0.29) is 30.5 Å². The maximum absolute atomic E-state index is 12.5. The summed E-state index contributed by atoms with van der Waals surface area (Å²) in [4.78, 5) is 10.1. The second-order valence-corrected chi connectivity index (χ2v) is 6.32. The summed E-state index contributed by atoms with van der Waals surface area (Å²) >= 11 is 0.991. The molecule has 10 heteroatoms. The predicted molar refractivity (Wildman–Crippen MR) is 101 cm³/mol. The number of thiazole rings is 1. The van der Waals surface area contributed by atoms with Gasteiger partial charge in [-0.3, -0.25) is 4.99 Å². The molecule has 2 heterocycles. The predicted octanol–water partition coefficient (Wildman–Crippen LogP) is 2.93. The van der Waals surface area contributed by atoms with E-state index in [0.717, 1.165) is 36.2 Å². The highest BCUT2D eigenvalue weighted by Crippen LogP contribution is 2.29. The molecule has 1 aromatic rings. The molecule has 5 nitrogen and oxygen atoms in total. The Morgan fingerprint density at radius 2 is 2.04 bits per heavy atom. The minimum Gasteiger partial charge on any atom is -0.356 e. The number of alkyl halides is 3. The highest BCUT2D eigenvalue weighted by Gasteiger charge is 2.33. The smallest absolute Gasteiger partial charge is 0.356 e. The maximum Gasteiger partial charge on any atom is 0.434 e. The molecule has 0 saturated carbocycles. The average Bonchev–Trinajstić information content (AvgIpc) is 3.17. The first-order chi connectivity index (χ1) is 11.0. The van der Waals surface area contributed by atoms with Gasteiger partial charge in [0.25, 0.3) is 0 Å². The van der Waals surface area contributed by atoms with Crippen LogP contribution in [-0.2, 0) is 12.7 Å². The van der Waals surface area contributed by atoms with E-state index in [1.165, 1.54) is 25.9 Å². The molecule has 138 valence electrons. The number of aliphatic imine (C=N–C) groups is 1. The van der Waals surface area contributed by atoms with Crippen molar-refractivity contribution in [2.24, 2.45) is 4.99 Å². The zero-order valence-electron chi connectivity index (χ0n) is 13.5. The first-order valence-corrected chi connectivity index (χ1v) is 8.55. The van der Waals surface area contributed by atoms with Gasteiger partial charge in [0, 0.05) is 19.0 Å². The minimum absolute atomic E-state index is 0. The maximum atomic E-state index is 12.5. The monoisotopic (exact) mass is 477 g/mol. The van der Waals surface area contributed by atoms with E-state index in [0.29, 0.717) is 11.0 Å². The third-order valence-corrected chi connectivity index (χ3v) is 4.46. The number of nitrogens with zero attached hydrogens (tertiary/aromatic N) is 3. The van der Waals surface area contributed by atoms with E-state index >= 15 is 0 Å². The average molecular weight is 477 g/mol. The molecule has 24 heavy (non-hydrogen) atoms. The van der Waals surface area contributed by atoms with Crippen molar-refractivity contribution in [1.82, 2.24) is 20.5 Å². The fourth-order valence-electron chi connectivity index (χ4n) is 2.42. The van der Waals surface area contributed by atoms with Crippen LogP contribution >= 0.6 is 35.3 Å². The Hall–Kier alpha value is -0.620. The highest BCUT2D eigenvalue weighted by molar-refractivity contribution is 14.0. The number of aromatic nitrogens is 1. The normalized spacial score (nSPS) is 16.1. The van der Waals surface area contributed by atoms with Crippen LogP contribution in [0.4, 0.5) is 13.2 Å². The lowest BCUT2D eigenvalue weighted by Gasteiger charge is -2.15. The van der Waals surface area contributed by atoms with Crippen molar-refractivity contribution in [3.63, 3.8) is 0 Å². The summed E-state index contributed by atoms with van der Waals surface area (Å²) in [5, 5.41) is 7.57. The van der Waals surface area contributed by atoms with Crippen molar-refractivity contribution < 1.29 is 13.2 Å². The molecule has 0 spiro atoms. The Kier molecular flexibility index (Phi) is 9.27. The van der Waals surface area contributed by atoms with Gasteiger partial charge in [0.1, 0.15) is 5.01 Å². The lowest BCUT2D eigenvalue weighted by atomic mass is 10.4. The molecule has 0 radical (unpaired) electrons. The molecule has 1 aliphatic heterocycles. The summed E-state index contributed by atoms with van der Waals surface area (Å²) < 4.78 is 37.5. The summed E-state index contributed by atoms with van der Waals surface area (Å²) in [5.74, 6) is 0.579. The van der Waals surface area contributed by atoms with Crippen molar-refractivity contribution >= 4 is 41.3 Å². The van der Waals surface area contributed by atoms with Crippen molar-refractivity contribution in [2.75, 3.05) is 33.2 Å². The van der Waals surface area contributed by atoms with Gasteiger partial charge in [0.2, 0.25) is 0 Å². The Morgan fingerprint density at radius 1 is 1.33 bits per heavy atom. The van der Waals surface area contributed by atoms with Crippen LogP contribution in [0, 0.1) is 0 Å². The molecular weight excluding hydrogens is 454 g/mol. The van der Waals surface area contributed by atoms with Gasteiger partial charge >= 0.3 is 6.18 Å². The van der Waals surface area contributed by atoms with E-state index in [2.05, 4.69) is 25.5 Å². The van der Waals surface area contributed by atoms with Gasteiger partial charge in [0.15, 0.2) is 11.7 Å². The van der Waals surface area contributed by atoms with Crippen LogP contribution < -0.4 is 10.6 Å². The van der Waals surface area contributed by atoms with Gasteiger partial charge in [-0.05, 0) is 38.9 Å². The third kappa shape index (κ3) is 7.09. The summed E-state index contributed by atoms with van der Waals surface area (Å²) in [7, 11) is 1.64. The molecule has 2 rings (SSSR count). The van der Waals surface area contributed by atoms with Gasteiger partial charge in [-0.2, -0.15) is 13.2 Å². The van der Waals surface area contributed by atoms with Gasteiger partial charge in [-0.25, -0.2) is 4.98 Å². The standard InChI is InChI=1S/C14H22F3N5S.HI/c1-18-13(19-5-4-8-22-6-2-3-7-22)20-9-12-21-11(10-23-12)14(15,16)17;/h10H,2-9H2,1H3,(H2,18,19,20);1H. The van der Waals surface area contributed by atoms with Gasteiger partial charge in [-0.15, -0.1) is 35.3 Å². The molecule has 2 N–H and O–H groups in total. The zero-order valence-corrected chi connectivity index (χ0v) is 16.7. The number of hydrogen-bond donors (Lipinski definition) is 2. The van der Waals surface area contributed by atoms with Crippen molar-refractivity contribution in [2.45, 2.75) is 32.0 Å². The first kappa shape index (κ1) is 21.4. The SMILES string of the molecule is CN=C(NCCCN1CCCC1)NCc1nc(C(F)(F)F)cs1.I. The van der Waals surface area contributed by atoms with Crippen LogP contribution in [0.25, 0.3) is 0 Å². The number of guanidine groups is 1. The fourth-order valence-corrected chi connectivity index (χ4v) is 3.16. The molecule has 1 fully saturated rings. The lowest BCUT2D eigenvalue weighted by Crippen LogP contribution is -2.38. The van der Waals surface area contributed by atoms with E-state index in [1.807, 2.05) is 0 Å². The van der Waals surface area contributed by atoms with E-state index < -0.39 is 11.9 Å². The molecule has 1 aromatic heterocycles. The van der Waals surface area contributed by atoms with Crippen molar-refractivity contribution in [3.05, 3.63) is 16.1 Å².